The summed E-state index contributed by atoms with van der Waals surface area (Å²) in [6.07, 6.45) is 1.50. The summed E-state index contributed by atoms with van der Waals surface area (Å²) in [5, 5.41) is 15.9. The van der Waals surface area contributed by atoms with Crippen molar-refractivity contribution in [2.24, 2.45) is 0 Å². The van der Waals surface area contributed by atoms with Gasteiger partial charge in [-0.15, -0.1) is 10.2 Å². The number of hydrogen-bond donors (Lipinski definition) is 1. The number of nitrogens with one attached hydrogen (secondary N) is 1. The van der Waals surface area contributed by atoms with E-state index in [1.165, 1.54) is 13.3 Å². The van der Waals surface area contributed by atoms with Crippen LogP contribution in [0.2, 0.25) is 5.15 Å². The molecule has 0 saturated heterocycles. The lowest BCUT2D eigenvalue weighted by Crippen LogP contribution is -2.27. The largest absolute Gasteiger partial charge is 0.462 e. The molecular formula is C20H17ClN8O3. The number of ether oxygens (including phenoxy) is 1. The van der Waals surface area contributed by atoms with Gasteiger partial charge in [0.05, 0.1) is 42.0 Å². The highest BCUT2D eigenvalue weighted by Crippen LogP contribution is 2.40. The third kappa shape index (κ3) is 3.32. The minimum Gasteiger partial charge on any atom is -0.462 e. The van der Waals surface area contributed by atoms with E-state index >= 15 is 0 Å². The van der Waals surface area contributed by atoms with E-state index in [1.807, 2.05) is 36.9 Å². The summed E-state index contributed by atoms with van der Waals surface area (Å²) >= 11 is 6.17. The number of pyridine rings is 1. The highest BCUT2D eigenvalue weighted by atomic mass is 35.5. The van der Waals surface area contributed by atoms with Gasteiger partial charge in [0.1, 0.15) is 11.0 Å². The molecule has 0 fully saturated rings. The van der Waals surface area contributed by atoms with Gasteiger partial charge in [-0.1, -0.05) is 17.7 Å². The Morgan fingerprint density at radius 2 is 2.12 bits per heavy atom. The predicted octanol–water partition coefficient (Wildman–Crippen LogP) is 3.15. The fourth-order valence-corrected chi connectivity index (χ4v) is 3.76. The van der Waals surface area contributed by atoms with Crippen LogP contribution < -0.4 is 10.2 Å². The normalized spacial score (nSPS) is 12.3. The first-order valence-electron chi connectivity index (χ1n) is 9.56. The lowest BCUT2D eigenvalue weighted by Gasteiger charge is -2.29. The van der Waals surface area contributed by atoms with Crippen LogP contribution in [-0.4, -0.2) is 50.1 Å². The molecule has 0 radical (unpaired) electrons. The van der Waals surface area contributed by atoms with E-state index in [-0.39, 0.29) is 16.9 Å². The van der Waals surface area contributed by atoms with Crippen LogP contribution in [0.3, 0.4) is 0 Å². The number of para-hydroxylation sites is 1. The molecule has 0 atom stereocenters. The summed E-state index contributed by atoms with van der Waals surface area (Å²) in [7, 11) is 3.22. The summed E-state index contributed by atoms with van der Waals surface area (Å²) in [6, 6.07) is 7.49. The van der Waals surface area contributed by atoms with Gasteiger partial charge in [0, 0.05) is 13.2 Å². The zero-order chi connectivity index (χ0) is 22.4. The molecule has 1 aliphatic heterocycles. The zero-order valence-electron chi connectivity index (χ0n) is 17.3. The van der Waals surface area contributed by atoms with Crippen LogP contribution in [0.5, 0.6) is 0 Å². The highest BCUT2D eigenvalue weighted by Gasteiger charge is 2.26. The number of anilines is 3. The number of aromatic nitrogens is 6. The van der Waals surface area contributed by atoms with E-state index < -0.39 is 5.97 Å². The van der Waals surface area contributed by atoms with Crippen molar-refractivity contribution in [1.82, 2.24) is 29.9 Å². The van der Waals surface area contributed by atoms with E-state index in [2.05, 4.69) is 40.2 Å². The predicted molar refractivity (Wildman–Crippen MR) is 115 cm³/mol. The van der Waals surface area contributed by atoms with Gasteiger partial charge in [0.2, 0.25) is 0 Å². The summed E-state index contributed by atoms with van der Waals surface area (Å²) in [6.45, 7) is 2.47. The van der Waals surface area contributed by atoms with Crippen molar-refractivity contribution in [1.29, 1.82) is 0 Å². The number of aryl methyl sites for hydroxylation is 1. The number of rotatable bonds is 4. The smallest absolute Gasteiger partial charge is 0.396 e. The molecule has 3 aromatic heterocycles. The Bertz CT molecular complexity index is 1350. The Hall–Kier alpha value is -3.99. The number of benzene rings is 1. The molecule has 4 heterocycles. The van der Waals surface area contributed by atoms with Crippen molar-refractivity contribution in [3.8, 4) is 17.1 Å². The summed E-state index contributed by atoms with van der Waals surface area (Å²) in [5.41, 5.74) is 3.69. The second-order valence-corrected chi connectivity index (χ2v) is 7.49. The van der Waals surface area contributed by atoms with E-state index in [0.29, 0.717) is 23.6 Å². The lowest BCUT2D eigenvalue weighted by atomic mass is 10.1. The van der Waals surface area contributed by atoms with Gasteiger partial charge < -0.3 is 19.4 Å². The summed E-state index contributed by atoms with van der Waals surface area (Å²) < 4.78 is 11.9. The number of methoxy groups -OCH3 is 1. The Morgan fingerprint density at radius 1 is 1.28 bits per heavy atom. The maximum Gasteiger partial charge on any atom is 0.396 e. The van der Waals surface area contributed by atoms with Crippen LogP contribution in [0.1, 0.15) is 22.3 Å². The molecular weight excluding hydrogens is 436 g/mol. The summed E-state index contributed by atoms with van der Waals surface area (Å²) in [5.74, 6) is 0.695. The highest BCUT2D eigenvalue weighted by molar-refractivity contribution is 6.29. The lowest BCUT2D eigenvalue weighted by molar-refractivity contribution is 0.0556. The molecule has 11 nitrogen and oxygen atoms in total. The molecule has 1 aromatic carbocycles. The number of nitrogens with zero attached hydrogens (tertiary/aromatic N) is 7. The van der Waals surface area contributed by atoms with Gasteiger partial charge in [-0.2, -0.15) is 5.10 Å². The quantitative estimate of drug-likeness (QED) is 0.364. The number of esters is 1. The molecule has 4 aromatic rings. The van der Waals surface area contributed by atoms with Gasteiger partial charge in [-0.3, -0.25) is 0 Å². The zero-order valence-corrected chi connectivity index (χ0v) is 18.1. The second-order valence-electron chi connectivity index (χ2n) is 7.10. The van der Waals surface area contributed by atoms with Crippen LogP contribution in [-0.2, 0) is 11.3 Å². The molecule has 12 heteroatoms. The van der Waals surface area contributed by atoms with E-state index in [4.69, 9.17) is 16.0 Å². The number of fused-ring (bicyclic) bond motifs is 3. The third-order valence-electron chi connectivity index (χ3n) is 4.94. The minimum absolute atomic E-state index is 0.101. The molecule has 32 heavy (non-hydrogen) atoms. The van der Waals surface area contributed by atoms with Crippen molar-refractivity contribution in [2.75, 3.05) is 24.4 Å². The van der Waals surface area contributed by atoms with Gasteiger partial charge in [-0.25, -0.2) is 19.4 Å². The van der Waals surface area contributed by atoms with Crippen molar-refractivity contribution < 1.29 is 13.9 Å². The number of carbonyl (C=O) groups is 1. The van der Waals surface area contributed by atoms with Gasteiger partial charge >= 0.3 is 11.9 Å². The average molecular weight is 453 g/mol. The SMILES string of the molecule is COC(=O)c1nnc(-c2cnc(Cl)cc2Nc2cccc3c2N(C)Cc2nc(C)nn2-3)o1. The Labute approximate surface area is 187 Å². The maximum absolute atomic E-state index is 11.7. The van der Waals surface area contributed by atoms with Gasteiger partial charge in [0.25, 0.3) is 5.89 Å². The van der Waals surface area contributed by atoms with Crippen LogP contribution >= 0.6 is 11.6 Å². The molecule has 0 bridgehead atoms. The maximum atomic E-state index is 11.7. The van der Waals surface area contributed by atoms with E-state index in [0.717, 1.165) is 22.9 Å². The topological polar surface area (TPSA) is 124 Å². The van der Waals surface area contributed by atoms with Crippen LogP contribution in [0.4, 0.5) is 17.1 Å². The van der Waals surface area contributed by atoms with Crippen molar-refractivity contribution in [3.63, 3.8) is 0 Å². The first kappa shape index (κ1) is 19.9. The Morgan fingerprint density at radius 3 is 2.94 bits per heavy atom. The molecule has 0 spiro atoms. The Balaban J connectivity index is 1.58. The minimum atomic E-state index is -0.724. The average Bonchev–Trinajstić information content (AvgIpc) is 3.40. The van der Waals surface area contributed by atoms with Crippen molar-refractivity contribution in [3.05, 3.63) is 53.2 Å². The van der Waals surface area contributed by atoms with Crippen molar-refractivity contribution >= 4 is 34.6 Å². The van der Waals surface area contributed by atoms with Crippen LogP contribution in [0, 0.1) is 6.92 Å². The van der Waals surface area contributed by atoms with E-state index in [1.54, 1.807) is 6.07 Å². The van der Waals surface area contributed by atoms with Crippen LogP contribution in [0.25, 0.3) is 17.1 Å². The molecule has 0 aliphatic carbocycles. The van der Waals surface area contributed by atoms with E-state index in [9.17, 15) is 4.79 Å². The van der Waals surface area contributed by atoms with Crippen molar-refractivity contribution in [2.45, 2.75) is 13.5 Å². The van der Waals surface area contributed by atoms with Crippen LogP contribution in [0.15, 0.2) is 34.9 Å². The van der Waals surface area contributed by atoms with Gasteiger partial charge in [-0.05, 0) is 25.1 Å². The van der Waals surface area contributed by atoms with Gasteiger partial charge in [0.15, 0.2) is 5.82 Å². The molecule has 0 saturated carbocycles. The number of halogens is 1. The molecule has 0 amide bonds. The number of hydrogen-bond acceptors (Lipinski definition) is 10. The molecule has 0 unspecified atom stereocenters. The first-order chi connectivity index (χ1) is 15.4. The standard InChI is InChI=1S/C20H17ClN8O3/c1-10-23-16-9-28(2)17-12(5-4-6-14(17)29(16)27-10)24-13-7-15(21)22-8-11(13)18-25-26-19(32-18)20(30)31-3/h4-8H,9H2,1-3H3,(H,22,24). The molecule has 1 N–H and O–H groups in total. The second kappa shape index (κ2) is 7.61. The fraction of sp³-hybridized carbons (Fsp3) is 0.200. The number of carbonyl (C=O) groups excluding carboxylic acids is 1. The fourth-order valence-electron chi connectivity index (χ4n) is 3.60. The first-order valence-corrected chi connectivity index (χ1v) is 9.94. The third-order valence-corrected chi connectivity index (χ3v) is 5.15. The molecule has 5 rings (SSSR count). The molecule has 1 aliphatic rings. The monoisotopic (exact) mass is 452 g/mol. The molecule has 162 valence electrons. The Kier molecular flexibility index (Phi) is 4.74. The summed E-state index contributed by atoms with van der Waals surface area (Å²) in [4.78, 5) is 22.4.